The van der Waals surface area contributed by atoms with E-state index in [2.05, 4.69) is 59.0 Å². The number of rotatable bonds is 6. The Balaban J connectivity index is 1.82. The molecule has 1 unspecified atom stereocenters. The molecule has 6 nitrogen and oxygen atoms in total. The fourth-order valence-corrected chi connectivity index (χ4v) is 8.59. The Morgan fingerprint density at radius 2 is 1.55 bits per heavy atom. The Labute approximate surface area is 185 Å². The number of hydrogen-bond acceptors (Lipinski definition) is 3. The molecule has 2 aromatic rings. The van der Waals surface area contributed by atoms with Gasteiger partial charge >= 0.3 is 7.59 Å². The topological polar surface area (TPSA) is 78.7 Å². The highest BCUT2D eigenvalue weighted by molar-refractivity contribution is 7.58. The Morgan fingerprint density at radius 1 is 1.03 bits per heavy atom. The lowest BCUT2D eigenvalue weighted by atomic mass is 9.88. The molecule has 0 bridgehead atoms. The molecule has 1 amide bonds. The van der Waals surface area contributed by atoms with Crippen LogP contribution in [0.3, 0.4) is 0 Å². The van der Waals surface area contributed by atoms with Gasteiger partial charge < -0.3 is 5.73 Å². The second-order valence-corrected chi connectivity index (χ2v) is 10.7. The number of fused-ring (bicyclic) bond motifs is 1. The van der Waals surface area contributed by atoms with Crippen LogP contribution in [0.2, 0.25) is 0 Å². The summed E-state index contributed by atoms with van der Waals surface area (Å²) < 4.78 is 19.1. The van der Waals surface area contributed by atoms with Gasteiger partial charge in [0.15, 0.2) is 0 Å². The molecule has 4 rings (SSSR count). The maximum atomic E-state index is 14.9. The van der Waals surface area contributed by atoms with E-state index in [-0.39, 0.29) is 36.6 Å². The smallest absolute Gasteiger partial charge is 0.312 e. The van der Waals surface area contributed by atoms with Crippen LogP contribution in [0.5, 0.6) is 0 Å². The van der Waals surface area contributed by atoms with Crippen LogP contribution in [0, 0.1) is 6.42 Å². The van der Waals surface area contributed by atoms with E-state index >= 15 is 0 Å². The van der Waals surface area contributed by atoms with Gasteiger partial charge in [0, 0.05) is 24.5 Å². The molecular weight excluding hydrogens is 407 g/mol. The van der Waals surface area contributed by atoms with Crippen LogP contribution in [0.15, 0.2) is 60.7 Å². The molecule has 5 atom stereocenters. The minimum atomic E-state index is -3.44. The van der Waals surface area contributed by atoms with E-state index in [1.165, 1.54) is 0 Å². The van der Waals surface area contributed by atoms with Gasteiger partial charge in [-0.15, -0.1) is 0 Å². The monoisotopic (exact) mass is 439 g/mol. The van der Waals surface area contributed by atoms with Gasteiger partial charge in [-0.05, 0) is 25.0 Å². The number of nitrogens with two attached hydrogens (primary N) is 1. The fraction of sp³-hybridized carbons (Fsp3) is 0.417. The first-order chi connectivity index (χ1) is 15.0. The van der Waals surface area contributed by atoms with Crippen LogP contribution in [-0.4, -0.2) is 33.9 Å². The number of hydrogen-bond donors (Lipinski definition) is 2. The zero-order valence-corrected chi connectivity index (χ0v) is 19.1. The summed E-state index contributed by atoms with van der Waals surface area (Å²) in [5.41, 5.74) is 7.82. The first-order valence-corrected chi connectivity index (χ1v) is 12.7. The molecule has 2 aromatic carbocycles. The zero-order chi connectivity index (χ0) is 22.0. The molecular formula is C24H32N4O2P+. The molecule has 164 valence electrons. The predicted molar refractivity (Wildman–Crippen MR) is 124 cm³/mol. The Hall–Kier alpha value is -2.11. The van der Waals surface area contributed by atoms with Crippen molar-refractivity contribution in [2.75, 3.05) is 6.54 Å². The van der Waals surface area contributed by atoms with Crippen molar-refractivity contribution in [3.63, 3.8) is 0 Å². The van der Waals surface area contributed by atoms with Crippen LogP contribution in [0.1, 0.15) is 56.3 Å². The van der Waals surface area contributed by atoms with Gasteiger partial charge in [0.05, 0.1) is 25.4 Å². The SMILES string of the molecule is C[C@H](c1ccccc1)N1[C@@H]2C[CH+]CC[C@H]2N([C@H](C)c2ccccc2)P1(=O)NC(=O)CN. The minimum Gasteiger partial charge on any atom is -0.322 e. The van der Waals surface area contributed by atoms with Crippen molar-refractivity contribution in [2.24, 2.45) is 5.73 Å². The molecule has 2 fully saturated rings. The zero-order valence-electron chi connectivity index (χ0n) is 18.2. The van der Waals surface area contributed by atoms with Gasteiger partial charge in [-0.3, -0.25) is 14.4 Å². The molecule has 0 radical (unpaired) electrons. The summed E-state index contributed by atoms with van der Waals surface area (Å²) in [6, 6.07) is 20.2. The molecule has 1 saturated heterocycles. The summed E-state index contributed by atoms with van der Waals surface area (Å²) in [6.45, 7) is 3.98. The number of nitrogens with one attached hydrogen (secondary N) is 1. The Morgan fingerprint density at radius 3 is 2.06 bits per heavy atom. The summed E-state index contributed by atoms with van der Waals surface area (Å²) >= 11 is 0. The quantitative estimate of drug-likeness (QED) is 0.514. The summed E-state index contributed by atoms with van der Waals surface area (Å²) in [6.07, 6.45) is 5.04. The first kappa shape index (κ1) is 22.1. The van der Waals surface area contributed by atoms with E-state index in [0.29, 0.717) is 0 Å². The normalized spacial score (nSPS) is 28.4. The van der Waals surface area contributed by atoms with Gasteiger partial charge in [-0.2, -0.15) is 0 Å². The number of carbonyl (C=O) groups excluding carboxylic acids is 1. The standard InChI is InChI=1S/C24H31N4O2P/c1-18(20-11-5-3-6-12-20)27-22-15-9-10-16-23(22)28(31(27,30)26-24(29)17-25)19(2)21-13-7-4-8-14-21/h3-9,11-14,18-19,22-23H,10,15-17,25H2,1-2H3/p+1/t18-,19-,22-,23-,31?/m1/s1. The molecule has 7 heteroatoms. The lowest BCUT2D eigenvalue weighted by Crippen LogP contribution is -2.41. The number of nitrogens with zero attached hydrogens (tertiary/aromatic N) is 2. The van der Waals surface area contributed by atoms with Crippen molar-refractivity contribution in [1.82, 2.24) is 14.4 Å². The number of benzene rings is 2. The average molecular weight is 440 g/mol. The maximum absolute atomic E-state index is 14.9. The second kappa shape index (κ2) is 9.17. The number of carbonyl (C=O) groups is 1. The van der Waals surface area contributed by atoms with E-state index in [0.717, 1.165) is 30.4 Å². The minimum absolute atomic E-state index is 0.0685. The molecule has 0 aromatic heterocycles. The van der Waals surface area contributed by atoms with Crippen molar-refractivity contribution in [3.8, 4) is 0 Å². The maximum Gasteiger partial charge on any atom is 0.312 e. The van der Waals surface area contributed by atoms with E-state index in [1.54, 1.807) is 0 Å². The molecule has 31 heavy (non-hydrogen) atoms. The van der Waals surface area contributed by atoms with Crippen molar-refractivity contribution >= 4 is 13.5 Å². The van der Waals surface area contributed by atoms with E-state index < -0.39 is 7.59 Å². The summed E-state index contributed by atoms with van der Waals surface area (Å²) in [7, 11) is -3.44. The van der Waals surface area contributed by atoms with Crippen molar-refractivity contribution in [3.05, 3.63) is 78.2 Å². The third-order valence-electron chi connectivity index (χ3n) is 6.64. The van der Waals surface area contributed by atoms with Gasteiger partial charge in [0.2, 0.25) is 5.91 Å². The largest absolute Gasteiger partial charge is 0.322 e. The van der Waals surface area contributed by atoms with Crippen LogP contribution < -0.4 is 10.8 Å². The molecule has 1 aliphatic heterocycles. The lowest BCUT2D eigenvalue weighted by Gasteiger charge is -2.37. The van der Waals surface area contributed by atoms with Gasteiger partial charge in [0.25, 0.3) is 0 Å². The Bertz CT molecular complexity index is 874. The van der Waals surface area contributed by atoms with E-state index in [9.17, 15) is 9.36 Å². The predicted octanol–water partition coefficient (Wildman–Crippen LogP) is 4.43. The van der Waals surface area contributed by atoms with Crippen LogP contribution >= 0.6 is 7.59 Å². The lowest BCUT2D eigenvalue weighted by molar-refractivity contribution is -0.118. The van der Waals surface area contributed by atoms with Crippen LogP contribution in [-0.2, 0) is 9.36 Å². The Kier molecular flexibility index (Phi) is 6.54. The van der Waals surface area contributed by atoms with Crippen molar-refractivity contribution in [1.29, 1.82) is 0 Å². The number of amides is 1. The highest BCUT2D eigenvalue weighted by atomic mass is 31.2. The molecule has 0 spiro atoms. The highest BCUT2D eigenvalue weighted by Gasteiger charge is 2.60. The molecule has 2 aliphatic rings. The van der Waals surface area contributed by atoms with Gasteiger partial charge in [0.1, 0.15) is 6.42 Å². The summed E-state index contributed by atoms with van der Waals surface area (Å²) in [5.74, 6) is -0.388. The van der Waals surface area contributed by atoms with Crippen molar-refractivity contribution < 1.29 is 9.36 Å². The van der Waals surface area contributed by atoms with Crippen LogP contribution in [0.25, 0.3) is 0 Å². The summed E-state index contributed by atoms with van der Waals surface area (Å²) in [4.78, 5) is 12.5. The molecule has 1 heterocycles. The molecule has 1 aliphatic carbocycles. The average Bonchev–Trinajstić information content (AvgIpc) is 3.06. The highest BCUT2D eigenvalue weighted by Crippen LogP contribution is 2.66. The third-order valence-corrected chi connectivity index (χ3v) is 9.72. The first-order valence-electron chi connectivity index (χ1n) is 11.1. The fourth-order valence-electron chi connectivity index (χ4n) is 5.18. The molecule has 1 saturated carbocycles. The van der Waals surface area contributed by atoms with E-state index in [4.69, 9.17) is 5.73 Å². The van der Waals surface area contributed by atoms with Crippen LogP contribution in [0.4, 0.5) is 0 Å². The van der Waals surface area contributed by atoms with Gasteiger partial charge in [-0.25, -0.2) is 9.34 Å². The summed E-state index contributed by atoms with van der Waals surface area (Å²) in [5, 5.41) is 2.89. The van der Waals surface area contributed by atoms with Crippen molar-refractivity contribution in [2.45, 2.75) is 57.3 Å². The third kappa shape index (κ3) is 4.06. The second-order valence-electron chi connectivity index (χ2n) is 8.45. The molecule has 3 N–H and O–H groups in total. The van der Waals surface area contributed by atoms with E-state index in [1.807, 2.05) is 36.4 Å². The van der Waals surface area contributed by atoms with Gasteiger partial charge in [-0.1, -0.05) is 60.7 Å².